The molecule has 0 saturated carbocycles. The molecule has 1 heterocycles. The van der Waals surface area contributed by atoms with Crippen LogP contribution in [0.1, 0.15) is 66.7 Å². The predicted octanol–water partition coefficient (Wildman–Crippen LogP) is 3.01. The van der Waals surface area contributed by atoms with Crippen LogP contribution in [0.4, 0.5) is 18.9 Å². The number of carbonyl (C=O) groups is 3. The number of carbonyl (C=O) groups excluding carboxylic acids is 3. The van der Waals surface area contributed by atoms with Crippen molar-refractivity contribution in [3.8, 4) is 0 Å². The van der Waals surface area contributed by atoms with Gasteiger partial charge in [0.05, 0.1) is 24.9 Å². The third-order valence-electron chi connectivity index (χ3n) is 4.63. The van der Waals surface area contributed by atoms with E-state index in [2.05, 4.69) is 4.98 Å². The van der Waals surface area contributed by atoms with E-state index in [9.17, 15) is 22.8 Å². The highest BCUT2D eigenvalue weighted by Crippen LogP contribution is 2.24. The summed E-state index contributed by atoms with van der Waals surface area (Å²) in [6.07, 6.45) is -4.70. The summed E-state index contributed by atoms with van der Waals surface area (Å²) < 4.78 is 42.4. The van der Waals surface area contributed by atoms with E-state index in [1.54, 1.807) is 6.92 Å². The van der Waals surface area contributed by atoms with Crippen molar-refractivity contribution in [2.75, 3.05) is 13.7 Å². The SMILES string of the molecule is CCOC(=O)c1c(C[NH+](C)c2ccc(Cl)cc2)[nH]c(C(=O)OC(C)(C)C)c1CC.O=C([O-])C(F)(F)F. The van der Waals surface area contributed by atoms with Crippen LogP contribution in [0.25, 0.3) is 0 Å². The Balaban J connectivity index is 0.000000809. The van der Waals surface area contributed by atoms with Crippen molar-refractivity contribution in [1.82, 2.24) is 4.98 Å². The number of hydrogen-bond acceptors (Lipinski definition) is 6. The number of quaternary nitrogens is 1. The zero-order valence-corrected chi connectivity index (χ0v) is 21.6. The first-order chi connectivity index (χ1) is 16.5. The van der Waals surface area contributed by atoms with Gasteiger partial charge in [-0.2, -0.15) is 13.2 Å². The number of aromatic amines is 1. The van der Waals surface area contributed by atoms with Crippen LogP contribution in [-0.2, 0) is 27.2 Å². The van der Waals surface area contributed by atoms with E-state index in [1.807, 2.05) is 59.0 Å². The van der Waals surface area contributed by atoms with Crippen LogP contribution < -0.4 is 10.0 Å². The predicted molar refractivity (Wildman–Crippen MR) is 124 cm³/mol. The highest BCUT2D eigenvalue weighted by Gasteiger charge is 2.31. The van der Waals surface area contributed by atoms with Crippen molar-refractivity contribution in [3.05, 3.63) is 51.8 Å². The van der Waals surface area contributed by atoms with Gasteiger partial charge in [0.2, 0.25) is 0 Å². The fraction of sp³-hybridized carbons (Fsp3) is 0.458. The van der Waals surface area contributed by atoms with Gasteiger partial charge in [0.1, 0.15) is 29.5 Å². The second kappa shape index (κ2) is 12.8. The number of aromatic nitrogens is 1. The Kier molecular flexibility index (Phi) is 11.0. The highest BCUT2D eigenvalue weighted by atomic mass is 35.5. The minimum atomic E-state index is -5.19. The van der Waals surface area contributed by atoms with Crippen LogP contribution in [-0.4, -0.2) is 48.3 Å². The molecule has 8 nitrogen and oxygen atoms in total. The van der Waals surface area contributed by atoms with E-state index in [4.69, 9.17) is 31.0 Å². The van der Waals surface area contributed by atoms with E-state index in [1.165, 1.54) is 0 Å². The first-order valence-electron chi connectivity index (χ1n) is 11.0. The average molecular weight is 535 g/mol. The minimum absolute atomic E-state index is 0.258. The Morgan fingerprint density at radius 3 is 2.00 bits per heavy atom. The average Bonchev–Trinajstić information content (AvgIpc) is 3.11. The maximum Gasteiger partial charge on any atom is 0.430 e. The van der Waals surface area contributed by atoms with Crippen LogP contribution in [0.15, 0.2) is 24.3 Å². The molecule has 1 aromatic heterocycles. The van der Waals surface area contributed by atoms with E-state index in [0.717, 1.165) is 10.6 Å². The lowest BCUT2D eigenvalue weighted by atomic mass is 10.1. The van der Waals surface area contributed by atoms with Crippen LogP contribution >= 0.6 is 11.6 Å². The number of rotatable bonds is 7. The van der Waals surface area contributed by atoms with Crippen molar-refractivity contribution < 1.29 is 47.0 Å². The number of hydrogen-bond donors (Lipinski definition) is 2. The Bertz CT molecular complexity index is 1060. The molecule has 0 saturated heterocycles. The van der Waals surface area contributed by atoms with Crippen molar-refractivity contribution in [2.24, 2.45) is 0 Å². The molecule has 0 aliphatic rings. The Morgan fingerprint density at radius 1 is 1.06 bits per heavy atom. The van der Waals surface area contributed by atoms with Crippen molar-refractivity contribution in [3.63, 3.8) is 0 Å². The van der Waals surface area contributed by atoms with Crippen LogP contribution in [0.5, 0.6) is 0 Å². The van der Waals surface area contributed by atoms with Crippen LogP contribution in [0, 0.1) is 0 Å². The van der Waals surface area contributed by atoms with Crippen LogP contribution in [0.3, 0.4) is 0 Å². The van der Waals surface area contributed by atoms with Crippen molar-refractivity contribution in [2.45, 2.75) is 59.4 Å². The van der Waals surface area contributed by atoms with Crippen molar-refractivity contribution in [1.29, 1.82) is 0 Å². The molecule has 1 unspecified atom stereocenters. The van der Waals surface area contributed by atoms with Gasteiger partial charge in [-0.3, -0.25) is 4.90 Å². The third kappa shape index (κ3) is 9.19. The van der Waals surface area contributed by atoms with Gasteiger partial charge in [-0.25, -0.2) is 9.59 Å². The number of nitrogens with one attached hydrogen (secondary N) is 2. The minimum Gasteiger partial charge on any atom is -0.542 e. The largest absolute Gasteiger partial charge is 0.542 e. The monoisotopic (exact) mass is 534 g/mol. The van der Waals surface area contributed by atoms with Gasteiger partial charge in [-0.05, 0) is 51.8 Å². The molecular formula is C24H30ClF3N2O6. The molecule has 1 aromatic carbocycles. The molecule has 200 valence electrons. The summed E-state index contributed by atoms with van der Waals surface area (Å²) in [6, 6.07) is 7.51. The number of ether oxygens (including phenoxy) is 2. The third-order valence-corrected chi connectivity index (χ3v) is 4.88. The molecule has 36 heavy (non-hydrogen) atoms. The van der Waals surface area contributed by atoms with Gasteiger partial charge >= 0.3 is 18.1 Å². The summed E-state index contributed by atoms with van der Waals surface area (Å²) in [5, 5.41) is 9.45. The Labute approximate surface area is 212 Å². The fourth-order valence-corrected chi connectivity index (χ4v) is 3.26. The molecule has 0 spiro atoms. The zero-order valence-electron chi connectivity index (χ0n) is 20.9. The second-order valence-corrected chi connectivity index (χ2v) is 9.09. The molecule has 0 aliphatic heterocycles. The van der Waals surface area contributed by atoms with E-state index < -0.39 is 29.7 Å². The number of aliphatic carboxylic acids is 1. The van der Waals surface area contributed by atoms with Gasteiger partial charge in [0.15, 0.2) is 0 Å². The van der Waals surface area contributed by atoms with Gasteiger partial charge in [-0.15, -0.1) is 0 Å². The summed E-state index contributed by atoms with van der Waals surface area (Å²) in [5.74, 6) is -3.92. The summed E-state index contributed by atoms with van der Waals surface area (Å²) in [6.45, 7) is 9.82. The number of H-pyrrole nitrogens is 1. The Hall–Kier alpha value is -3.05. The molecule has 12 heteroatoms. The highest BCUT2D eigenvalue weighted by molar-refractivity contribution is 6.30. The number of carboxylic acids is 1. The summed E-state index contributed by atoms with van der Waals surface area (Å²) in [5.41, 5.74) is 2.37. The topological polar surface area (TPSA) is 113 Å². The first kappa shape index (κ1) is 31.0. The Morgan fingerprint density at radius 2 is 1.58 bits per heavy atom. The lowest BCUT2D eigenvalue weighted by Gasteiger charge is -2.19. The maximum atomic E-state index is 12.8. The number of alkyl halides is 3. The molecular weight excluding hydrogens is 505 g/mol. The van der Waals surface area contributed by atoms with Gasteiger partial charge in [0.25, 0.3) is 0 Å². The number of benzene rings is 1. The maximum absolute atomic E-state index is 12.8. The van der Waals surface area contributed by atoms with Crippen molar-refractivity contribution >= 4 is 35.2 Å². The number of esters is 2. The molecule has 2 N–H and O–H groups in total. The second-order valence-electron chi connectivity index (χ2n) is 8.66. The summed E-state index contributed by atoms with van der Waals surface area (Å²) >= 11 is 5.98. The summed E-state index contributed by atoms with van der Waals surface area (Å²) in [7, 11) is 1.98. The lowest BCUT2D eigenvalue weighted by molar-refractivity contribution is -0.825. The molecule has 0 bridgehead atoms. The molecule has 0 radical (unpaired) electrons. The fourth-order valence-electron chi connectivity index (χ4n) is 3.14. The van der Waals surface area contributed by atoms with E-state index >= 15 is 0 Å². The van der Waals surface area contributed by atoms with Gasteiger partial charge in [-0.1, -0.05) is 18.5 Å². The lowest BCUT2D eigenvalue weighted by Crippen LogP contribution is -3.02. The summed E-state index contributed by atoms with van der Waals surface area (Å²) in [4.78, 5) is 38.4. The van der Waals surface area contributed by atoms with Gasteiger partial charge in [0, 0.05) is 17.2 Å². The normalized spacial score (nSPS) is 12.3. The molecule has 2 aromatic rings. The van der Waals surface area contributed by atoms with Crippen LogP contribution in [0.2, 0.25) is 5.02 Å². The molecule has 2 rings (SSSR count). The molecule has 1 atom stereocenters. The quantitative estimate of drug-likeness (QED) is 0.528. The standard InChI is InChI=1S/C22H29ClN2O4.C2HF3O2/c1-7-16-18(20(26)28-8-2)17(24-19(16)21(27)29-22(3,4)5)13-25(6)15-11-9-14(23)10-12-15;3-2(4,5)1(6)7/h9-12,24H,7-8,13H2,1-6H3;(H,6,7). The number of carboxylic acid groups (broad SMARTS) is 1. The molecule has 0 aliphatic carbocycles. The zero-order chi connectivity index (χ0) is 27.8. The van der Waals surface area contributed by atoms with Gasteiger partial charge < -0.3 is 24.4 Å². The number of halogens is 4. The molecule has 0 amide bonds. The molecule has 0 fully saturated rings. The first-order valence-corrected chi connectivity index (χ1v) is 11.4. The smallest absolute Gasteiger partial charge is 0.430 e. The van der Waals surface area contributed by atoms with E-state index in [-0.39, 0.29) is 6.61 Å². The van der Waals surface area contributed by atoms with E-state index in [0.29, 0.717) is 40.5 Å².